The van der Waals surface area contributed by atoms with E-state index >= 15 is 0 Å². The predicted molar refractivity (Wildman–Crippen MR) is 98.3 cm³/mol. The van der Waals surface area contributed by atoms with E-state index in [0.717, 1.165) is 43.2 Å². The lowest BCUT2D eigenvalue weighted by molar-refractivity contribution is 0.102. The van der Waals surface area contributed by atoms with Crippen LogP contribution >= 0.6 is 0 Å². The molecule has 1 aromatic heterocycles. The number of methoxy groups -OCH3 is 1. The second kappa shape index (κ2) is 7.51. The van der Waals surface area contributed by atoms with Crippen molar-refractivity contribution in [2.75, 3.05) is 30.4 Å². The molecule has 0 bridgehead atoms. The first-order valence-corrected chi connectivity index (χ1v) is 8.60. The molecule has 25 heavy (non-hydrogen) atoms. The number of hydrogen-bond acceptors (Lipinski definition) is 5. The SMILES string of the molecule is COc1ccc(C)cc1NC(=O)c1cc(N2CCC(C)CC2)ncn1. The monoisotopic (exact) mass is 340 g/mol. The van der Waals surface area contributed by atoms with Crippen molar-refractivity contribution in [3.63, 3.8) is 0 Å². The summed E-state index contributed by atoms with van der Waals surface area (Å²) in [6, 6.07) is 7.42. The minimum Gasteiger partial charge on any atom is -0.495 e. The quantitative estimate of drug-likeness (QED) is 0.925. The van der Waals surface area contributed by atoms with Crippen molar-refractivity contribution in [3.05, 3.63) is 41.9 Å². The molecule has 2 heterocycles. The maximum absolute atomic E-state index is 12.6. The number of rotatable bonds is 4. The predicted octanol–water partition coefficient (Wildman–Crippen LogP) is 3.28. The molecule has 3 rings (SSSR count). The highest BCUT2D eigenvalue weighted by molar-refractivity contribution is 6.04. The molecule has 2 aromatic rings. The molecule has 0 aliphatic carbocycles. The van der Waals surface area contributed by atoms with Gasteiger partial charge in [0.2, 0.25) is 0 Å². The van der Waals surface area contributed by atoms with Crippen LogP contribution in [0.25, 0.3) is 0 Å². The summed E-state index contributed by atoms with van der Waals surface area (Å²) >= 11 is 0. The van der Waals surface area contributed by atoms with Crippen molar-refractivity contribution in [1.29, 1.82) is 0 Å². The van der Waals surface area contributed by atoms with Crippen molar-refractivity contribution in [2.45, 2.75) is 26.7 Å². The van der Waals surface area contributed by atoms with Crippen molar-refractivity contribution in [1.82, 2.24) is 9.97 Å². The van der Waals surface area contributed by atoms with Crippen LogP contribution in [-0.2, 0) is 0 Å². The first kappa shape index (κ1) is 17.2. The Morgan fingerprint density at radius 3 is 2.72 bits per heavy atom. The van der Waals surface area contributed by atoms with Crippen molar-refractivity contribution < 1.29 is 9.53 Å². The van der Waals surface area contributed by atoms with Gasteiger partial charge in [0.1, 0.15) is 23.6 Å². The van der Waals surface area contributed by atoms with Gasteiger partial charge < -0.3 is 15.0 Å². The van der Waals surface area contributed by atoms with Gasteiger partial charge in [-0.25, -0.2) is 9.97 Å². The molecule has 0 spiro atoms. The summed E-state index contributed by atoms with van der Waals surface area (Å²) in [6.07, 6.45) is 3.74. The summed E-state index contributed by atoms with van der Waals surface area (Å²) in [4.78, 5) is 23.3. The fourth-order valence-electron chi connectivity index (χ4n) is 2.99. The van der Waals surface area contributed by atoms with Gasteiger partial charge in [0.05, 0.1) is 12.8 Å². The molecule has 1 amide bonds. The number of aryl methyl sites for hydroxylation is 1. The summed E-state index contributed by atoms with van der Waals surface area (Å²) in [5.41, 5.74) is 2.04. The van der Waals surface area contributed by atoms with Gasteiger partial charge in [-0.15, -0.1) is 0 Å². The van der Waals surface area contributed by atoms with Crippen LogP contribution in [0.5, 0.6) is 5.75 Å². The lowest BCUT2D eigenvalue weighted by Gasteiger charge is -2.31. The van der Waals surface area contributed by atoms with E-state index in [9.17, 15) is 4.79 Å². The topological polar surface area (TPSA) is 67.3 Å². The van der Waals surface area contributed by atoms with E-state index in [1.165, 1.54) is 6.33 Å². The van der Waals surface area contributed by atoms with E-state index in [0.29, 0.717) is 17.1 Å². The fourth-order valence-corrected chi connectivity index (χ4v) is 2.99. The molecule has 1 aliphatic heterocycles. The van der Waals surface area contributed by atoms with E-state index in [-0.39, 0.29) is 5.91 Å². The molecule has 132 valence electrons. The summed E-state index contributed by atoms with van der Waals surface area (Å²) in [5.74, 6) is 1.91. The van der Waals surface area contributed by atoms with E-state index in [2.05, 4.69) is 27.1 Å². The largest absolute Gasteiger partial charge is 0.495 e. The maximum Gasteiger partial charge on any atom is 0.274 e. The van der Waals surface area contributed by atoms with Crippen LogP contribution in [-0.4, -0.2) is 36.1 Å². The standard InChI is InChI=1S/C19H24N4O2/c1-13-6-8-23(9-7-13)18-11-16(20-12-21-18)19(24)22-15-10-14(2)4-5-17(15)25-3/h4-5,10-13H,6-9H2,1-3H3,(H,22,24). The van der Waals surface area contributed by atoms with Gasteiger partial charge in [-0.1, -0.05) is 13.0 Å². The molecular weight excluding hydrogens is 316 g/mol. The van der Waals surface area contributed by atoms with Crippen LogP contribution in [0.1, 0.15) is 35.8 Å². The van der Waals surface area contributed by atoms with E-state index in [1.54, 1.807) is 13.2 Å². The molecule has 1 fully saturated rings. The molecule has 0 unspecified atom stereocenters. The van der Waals surface area contributed by atoms with Crippen LogP contribution in [0.3, 0.4) is 0 Å². The van der Waals surface area contributed by atoms with Gasteiger partial charge in [-0.2, -0.15) is 0 Å². The number of nitrogens with zero attached hydrogens (tertiary/aromatic N) is 3. The molecule has 1 aromatic carbocycles. The number of ether oxygens (including phenoxy) is 1. The minimum absolute atomic E-state index is 0.266. The second-order valence-corrected chi connectivity index (χ2v) is 6.59. The Balaban J connectivity index is 1.77. The van der Waals surface area contributed by atoms with E-state index < -0.39 is 0 Å². The number of hydrogen-bond donors (Lipinski definition) is 1. The van der Waals surface area contributed by atoms with Gasteiger partial charge in [0.15, 0.2) is 0 Å². The fraction of sp³-hybridized carbons (Fsp3) is 0.421. The molecular formula is C19H24N4O2. The first-order valence-electron chi connectivity index (χ1n) is 8.60. The molecule has 0 saturated carbocycles. The molecule has 1 saturated heterocycles. The highest BCUT2D eigenvalue weighted by Crippen LogP contribution is 2.26. The average molecular weight is 340 g/mol. The Morgan fingerprint density at radius 1 is 1.24 bits per heavy atom. The van der Waals surface area contributed by atoms with Crippen LogP contribution in [0, 0.1) is 12.8 Å². The lowest BCUT2D eigenvalue weighted by atomic mass is 9.99. The highest BCUT2D eigenvalue weighted by Gasteiger charge is 2.19. The van der Waals surface area contributed by atoms with Crippen LogP contribution < -0.4 is 15.0 Å². The lowest BCUT2D eigenvalue weighted by Crippen LogP contribution is -2.33. The van der Waals surface area contributed by atoms with Gasteiger partial charge in [0, 0.05) is 19.2 Å². The zero-order valence-electron chi connectivity index (χ0n) is 15.0. The van der Waals surface area contributed by atoms with Crippen LogP contribution in [0.15, 0.2) is 30.6 Å². The zero-order valence-corrected chi connectivity index (χ0v) is 15.0. The molecule has 1 aliphatic rings. The van der Waals surface area contributed by atoms with Gasteiger partial charge >= 0.3 is 0 Å². The molecule has 0 atom stereocenters. The van der Waals surface area contributed by atoms with Gasteiger partial charge in [-0.05, 0) is 43.4 Å². The Kier molecular flexibility index (Phi) is 5.16. The molecule has 0 radical (unpaired) electrons. The number of nitrogens with one attached hydrogen (secondary N) is 1. The minimum atomic E-state index is -0.266. The van der Waals surface area contributed by atoms with Crippen LogP contribution in [0.4, 0.5) is 11.5 Å². The number of amides is 1. The smallest absolute Gasteiger partial charge is 0.274 e. The number of carbonyl (C=O) groups excluding carboxylic acids is 1. The summed E-state index contributed by atoms with van der Waals surface area (Å²) < 4.78 is 5.31. The summed E-state index contributed by atoms with van der Waals surface area (Å²) in [6.45, 7) is 6.16. The van der Waals surface area contributed by atoms with E-state index in [4.69, 9.17) is 4.74 Å². The normalized spacial score (nSPS) is 15.1. The average Bonchev–Trinajstić information content (AvgIpc) is 2.62. The number of benzene rings is 1. The number of piperidine rings is 1. The first-order chi connectivity index (χ1) is 12.1. The van der Waals surface area contributed by atoms with Gasteiger partial charge in [0.25, 0.3) is 5.91 Å². The zero-order chi connectivity index (χ0) is 17.8. The van der Waals surface area contributed by atoms with Crippen molar-refractivity contribution in [3.8, 4) is 5.75 Å². The third kappa shape index (κ3) is 4.07. The highest BCUT2D eigenvalue weighted by atomic mass is 16.5. The van der Waals surface area contributed by atoms with Crippen LogP contribution in [0.2, 0.25) is 0 Å². The third-order valence-corrected chi connectivity index (χ3v) is 4.60. The van der Waals surface area contributed by atoms with E-state index in [1.807, 2.05) is 25.1 Å². The maximum atomic E-state index is 12.6. The molecule has 1 N–H and O–H groups in total. The third-order valence-electron chi connectivity index (χ3n) is 4.60. The van der Waals surface area contributed by atoms with Crippen molar-refractivity contribution in [2.24, 2.45) is 5.92 Å². The number of aromatic nitrogens is 2. The molecule has 6 heteroatoms. The Labute approximate surface area is 148 Å². The Bertz CT molecular complexity index is 755. The van der Waals surface area contributed by atoms with Gasteiger partial charge in [-0.3, -0.25) is 4.79 Å². The Hall–Kier alpha value is -2.63. The summed E-state index contributed by atoms with van der Waals surface area (Å²) in [7, 11) is 1.58. The number of carbonyl (C=O) groups is 1. The molecule has 6 nitrogen and oxygen atoms in total. The Morgan fingerprint density at radius 2 is 2.00 bits per heavy atom. The van der Waals surface area contributed by atoms with Crippen molar-refractivity contribution >= 4 is 17.4 Å². The number of anilines is 2. The summed E-state index contributed by atoms with van der Waals surface area (Å²) in [5, 5.41) is 2.88. The second-order valence-electron chi connectivity index (χ2n) is 6.59.